The number of thioether (sulfide) groups is 1. The maximum Gasteiger partial charge on any atom is 0.225 e. The first-order chi connectivity index (χ1) is 13.3. The number of nitrogens with one attached hydrogen (secondary N) is 2. The smallest absolute Gasteiger partial charge is 0.225 e. The van der Waals surface area contributed by atoms with Gasteiger partial charge in [0.2, 0.25) is 5.95 Å². The number of nitrogens with zero attached hydrogens (tertiary/aromatic N) is 5. The summed E-state index contributed by atoms with van der Waals surface area (Å²) in [7, 11) is 0. The van der Waals surface area contributed by atoms with E-state index < -0.39 is 0 Å². The van der Waals surface area contributed by atoms with Gasteiger partial charge < -0.3 is 15.5 Å². The average molecular weight is 520 g/mol. The molecule has 1 aromatic rings. The van der Waals surface area contributed by atoms with Gasteiger partial charge in [0.25, 0.3) is 0 Å². The lowest BCUT2D eigenvalue weighted by Crippen LogP contribution is -2.47. The summed E-state index contributed by atoms with van der Waals surface area (Å²) < 4.78 is 0. The number of anilines is 1. The van der Waals surface area contributed by atoms with E-state index in [0.29, 0.717) is 5.25 Å². The van der Waals surface area contributed by atoms with Crippen molar-refractivity contribution in [3.05, 3.63) is 18.5 Å². The number of piperazine rings is 1. The van der Waals surface area contributed by atoms with Crippen molar-refractivity contribution in [3.63, 3.8) is 0 Å². The standard InChI is InChI=1S/C19H33N7S.HI/c1-2-20-18(24-16-17-6-3-15-27-17)21-9-5-10-25-11-13-26(14-12-25)19-22-7-4-8-23-19;/h4,7-8,17H,2-3,5-6,9-16H2,1H3,(H2,20,21,24);1H. The van der Waals surface area contributed by atoms with Crippen LogP contribution in [-0.2, 0) is 0 Å². The molecule has 2 aliphatic rings. The summed E-state index contributed by atoms with van der Waals surface area (Å²) in [4.78, 5) is 18.3. The third-order valence-electron chi connectivity index (χ3n) is 4.97. The van der Waals surface area contributed by atoms with Crippen molar-refractivity contribution in [3.8, 4) is 0 Å². The van der Waals surface area contributed by atoms with Crippen LogP contribution in [0.4, 0.5) is 5.95 Å². The Morgan fingerprint density at radius 1 is 1.21 bits per heavy atom. The predicted octanol–water partition coefficient (Wildman–Crippen LogP) is 2.06. The molecule has 2 N–H and O–H groups in total. The fraction of sp³-hybridized carbons (Fsp3) is 0.737. The molecule has 2 aliphatic heterocycles. The highest BCUT2D eigenvalue weighted by Crippen LogP contribution is 2.25. The molecule has 9 heteroatoms. The molecule has 7 nitrogen and oxygen atoms in total. The topological polar surface area (TPSA) is 68.7 Å². The van der Waals surface area contributed by atoms with Gasteiger partial charge in [-0.1, -0.05) is 0 Å². The van der Waals surface area contributed by atoms with Gasteiger partial charge in [-0.15, -0.1) is 24.0 Å². The molecule has 2 saturated heterocycles. The lowest BCUT2D eigenvalue weighted by atomic mass is 10.2. The highest BCUT2D eigenvalue weighted by Gasteiger charge is 2.18. The summed E-state index contributed by atoms with van der Waals surface area (Å²) >= 11 is 2.07. The molecule has 0 aliphatic carbocycles. The molecule has 28 heavy (non-hydrogen) atoms. The number of aromatic nitrogens is 2. The highest BCUT2D eigenvalue weighted by atomic mass is 127. The summed E-state index contributed by atoms with van der Waals surface area (Å²) in [6, 6.07) is 1.87. The molecule has 158 valence electrons. The number of hydrogen-bond donors (Lipinski definition) is 2. The van der Waals surface area contributed by atoms with Crippen molar-refractivity contribution in [2.75, 3.05) is 63.0 Å². The SMILES string of the molecule is CCNC(=NCC1CCCS1)NCCCN1CCN(c2ncccn2)CC1.I. The molecule has 1 atom stereocenters. The van der Waals surface area contributed by atoms with E-state index in [1.165, 1.54) is 18.6 Å². The first-order valence-electron chi connectivity index (χ1n) is 10.2. The minimum atomic E-state index is 0. The van der Waals surface area contributed by atoms with Gasteiger partial charge in [0.15, 0.2) is 5.96 Å². The minimum absolute atomic E-state index is 0. The predicted molar refractivity (Wildman–Crippen MR) is 130 cm³/mol. The first kappa shape index (κ1) is 23.5. The van der Waals surface area contributed by atoms with Crippen LogP contribution in [0.1, 0.15) is 26.2 Å². The Morgan fingerprint density at radius 2 is 2.00 bits per heavy atom. The zero-order chi connectivity index (χ0) is 18.7. The average Bonchev–Trinajstić information content (AvgIpc) is 3.24. The number of halogens is 1. The zero-order valence-corrected chi connectivity index (χ0v) is 20.0. The van der Waals surface area contributed by atoms with Gasteiger partial charge >= 0.3 is 0 Å². The van der Waals surface area contributed by atoms with Crippen LogP contribution in [0.3, 0.4) is 0 Å². The Morgan fingerprint density at radius 3 is 2.68 bits per heavy atom. The Labute approximate surface area is 190 Å². The Hall–Kier alpha value is -0.810. The Kier molecular flexibility index (Phi) is 11.2. The molecule has 3 rings (SSSR count). The molecule has 0 bridgehead atoms. The van der Waals surface area contributed by atoms with Gasteiger partial charge in [-0.25, -0.2) is 9.97 Å². The van der Waals surface area contributed by atoms with Crippen LogP contribution in [0, 0.1) is 0 Å². The van der Waals surface area contributed by atoms with Crippen molar-refractivity contribution < 1.29 is 0 Å². The van der Waals surface area contributed by atoms with E-state index in [1.54, 1.807) is 0 Å². The van der Waals surface area contributed by atoms with Crippen molar-refractivity contribution in [1.82, 2.24) is 25.5 Å². The molecule has 1 unspecified atom stereocenters. The summed E-state index contributed by atoms with van der Waals surface area (Å²) in [5, 5.41) is 7.57. The van der Waals surface area contributed by atoms with E-state index >= 15 is 0 Å². The third kappa shape index (κ3) is 7.90. The van der Waals surface area contributed by atoms with E-state index in [1.807, 2.05) is 18.5 Å². The fourth-order valence-corrected chi connectivity index (χ4v) is 4.64. The van der Waals surface area contributed by atoms with Crippen molar-refractivity contribution in [2.24, 2.45) is 4.99 Å². The highest BCUT2D eigenvalue weighted by molar-refractivity contribution is 14.0. The second-order valence-corrected chi connectivity index (χ2v) is 8.42. The molecule has 3 heterocycles. The molecule has 0 aromatic carbocycles. The van der Waals surface area contributed by atoms with E-state index in [-0.39, 0.29) is 24.0 Å². The van der Waals surface area contributed by atoms with Crippen molar-refractivity contribution in [1.29, 1.82) is 0 Å². The van der Waals surface area contributed by atoms with E-state index in [0.717, 1.165) is 70.7 Å². The zero-order valence-electron chi connectivity index (χ0n) is 16.8. The van der Waals surface area contributed by atoms with Crippen LogP contribution in [0.25, 0.3) is 0 Å². The second kappa shape index (κ2) is 13.4. The molecule has 2 fully saturated rings. The van der Waals surface area contributed by atoms with Gasteiger partial charge in [-0.05, 0) is 44.6 Å². The first-order valence-corrected chi connectivity index (χ1v) is 11.3. The summed E-state index contributed by atoms with van der Waals surface area (Å²) in [5.74, 6) is 3.12. The van der Waals surface area contributed by atoms with Crippen LogP contribution in [-0.4, -0.2) is 84.2 Å². The maximum absolute atomic E-state index is 4.76. The van der Waals surface area contributed by atoms with Gasteiger partial charge in [0.1, 0.15) is 0 Å². The fourth-order valence-electron chi connectivity index (χ4n) is 3.46. The van der Waals surface area contributed by atoms with Crippen LogP contribution >= 0.6 is 35.7 Å². The van der Waals surface area contributed by atoms with Crippen LogP contribution in [0.15, 0.2) is 23.5 Å². The minimum Gasteiger partial charge on any atom is -0.357 e. The monoisotopic (exact) mass is 519 g/mol. The summed E-state index contributed by atoms with van der Waals surface area (Å²) in [5.41, 5.74) is 0. The maximum atomic E-state index is 4.76. The lowest BCUT2D eigenvalue weighted by molar-refractivity contribution is 0.254. The third-order valence-corrected chi connectivity index (χ3v) is 6.35. The number of hydrogen-bond acceptors (Lipinski definition) is 6. The van der Waals surface area contributed by atoms with E-state index in [2.05, 4.69) is 49.1 Å². The van der Waals surface area contributed by atoms with Gasteiger partial charge in [0.05, 0.1) is 6.54 Å². The quantitative estimate of drug-likeness (QED) is 0.236. The Bertz CT molecular complexity index is 561. The molecule has 1 aromatic heterocycles. The molecule has 0 saturated carbocycles. The Balaban J connectivity index is 0.00000280. The summed E-state index contributed by atoms with van der Waals surface area (Å²) in [6.07, 6.45) is 7.42. The molecule has 0 radical (unpaired) electrons. The van der Waals surface area contributed by atoms with Gasteiger partial charge in [-0.2, -0.15) is 11.8 Å². The van der Waals surface area contributed by atoms with E-state index in [4.69, 9.17) is 4.99 Å². The van der Waals surface area contributed by atoms with Crippen LogP contribution < -0.4 is 15.5 Å². The van der Waals surface area contributed by atoms with Crippen molar-refractivity contribution in [2.45, 2.75) is 31.4 Å². The number of aliphatic imine (C=N–C) groups is 1. The van der Waals surface area contributed by atoms with E-state index in [9.17, 15) is 0 Å². The van der Waals surface area contributed by atoms with Gasteiger partial charge in [-0.3, -0.25) is 9.89 Å². The molecule has 0 spiro atoms. The van der Waals surface area contributed by atoms with Crippen LogP contribution in [0.2, 0.25) is 0 Å². The number of guanidine groups is 1. The normalized spacial score (nSPS) is 20.7. The van der Waals surface area contributed by atoms with Crippen molar-refractivity contribution >= 4 is 47.6 Å². The van der Waals surface area contributed by atoms with Gasteiger partial charge in [0, 0.05) is 56.9 Å². The molecular weight excluding hydrogens is 485 g/mol. The summed E-state index contributed by atoms with van der Waals surface area (Å²) in [6.45, 7) is 10.2. The molecular formula is C19H34IN7S. The lowest BCUT2D eigenvalue weighted by Gasteiger charge is -2.34. The largest absolute Gasteiger partial charge is 0.357 e. The number of rotatable bonds is 8. The molecule has 0 amide bonds. The second-order valence-electron chi connectivity index (χ2n) is 7.01. The van der Waals surface area contributed by atoms with Crippen LogP contribution in [0.5, 0.6) is 0 Å².